The molecule has 2 aromatic rings. The van der Waals surface area contributed by atoms with Crippen LogP contribution in [0.4, 0.5) is 0 Å². The highest BCUT2D eigenvalue weighted by atomic mass is 127. The molecule has 3 rings (SSSR count). The van der Waals surface area contributed by atoms with Gasteiger partial charge < -0.3 is 18.9 Å². The average molecular weight is 627 g/mol. The minimum Gasteiger partial charge on any atom is -0.451 e. The first kappa shape index (κ1) is 26.0. The van der Waals surface area contributed by atoms with Gasteiger partial charge in [0.2, 0.25) is 18.3 Å². The number of rotatable bonds is 6. The molecule has 33 heavy (non-hydrogen) atoms. The third-order valence-corrected chi connectivity index (χ3v) is 6.92. The first-order valence-electron chi connectivity index (χ1n) is 9.76. The van der Waals surface area contributed by atoms with Crippen LogP contribution in [0.3, 0.4) is 0 Å². The monoisotopic (exact) mass is 625 g/mol. The van der Waals surface area contributed by atoms with Crippen molar-refractivity contribution in [3.05, 3.63) is 71.8 Å². The number of esters is 2. The summed E-state index contributed by atoms with van der Waals surface area (Å²) in [4.78, 5) is 25.6. The van der Waals surface area contributed by atoms with E-state index in [9.17, 15) is 9.59 Å². The number of hydrogen-bond donors (Lipinski definition) is 1. The fraction of sp³-hybridized carbons (Fsp3) is 0.318. The summed E-state index contributed by atoms with van der Waals surface area (Å²) >= 11 is 19.2. The lowest BCUT2D eigenvalue weighted by atomic mass is 10.1. The van der Waals surface area contributed by atoms with Crippen LogP contribution in [0.1, 0.15) is 34.1 Å². The number of benzene rings is 2. The average Bonchev–Trinajstić information content (AvgIpc) is 3.05. The van der Waals surface area contributed by atoms with E-state index in [0.29, 0.717) is 12.0 Å². The highest BCUT2D eigenvalue weighted by molar-refractivity contribution is 14.1. The molecule has 0 amide bonds. The van der Waals surface area contributed by atoms with E-state index >= 15 is 0 Å². The van der Waals surface area contributed by atoms with Crippen molar-refractivity contribution in [2.75, 3.05) is 0 Å². The van der Waals surface area contributed by atoms with Crippen LogP contribution in [0, 0.1) is 5.41 Å². The molecule has 0 saturated carbocycles. The lowest BCUT2D eigenvalue weighted by Crippen LogP contribution is -2.45. The summed E-state index contributed by atoms with van der Waals surface area (Å²) in [5.74, 6) is -2.07. The molecule has 1 fully saturated rings. The molecule has 2 aromatic carbocycles. The molecule has 11 heteroatoms. The van der Waals surface area contributed by atoms with Crippen molar-refractivity contribution in [1.82, 2.24) is 0 Å². The van der Waals surface area contributed by atoms with Gasteiger partial charge in [-0.2, -0.15) is 0 Å². The molecule has 0 spiro atoms. The minimum atomic E-state index is -2.17. The van der Waals surface area contributed by atoms with Gasteiger partial charge in [0.05, 0.1) is 11.1 Å². The van der Waals surface area contributed by atoms with Crippen molar-refractivity contribution in [3.63, 3.8) is 0 Å². The van der Waals surface area contributed by atoms with Crippen LogP contribution in [-0.4, -0.2) is 43.7 Å². The Bertz CT molecular complexity index is 1000. The van der Waals surface area contributed by atoms with Crippen LogP contribution < -0.4 is 0 Å². The molecule has 1 N–H and O–H groups in total. The first-order chi connectivity index (χ1) is 15.5. The van der Waals surface area contributed by atoms with E-state index in [1.165, 1.54) is 0 Å². The van der Waals surface area contributed by atoms with E-state index in [-0.39, 0.29) is 5.56 Å². The number of ether oxygens (including phenoxy) is 4. The van der Waals surface area contributed by atoms with Crippen molar-refractivity contribution in [1.29, 1.82) is 5.41 Å². The van der Waals surface area contributed by atoms with E-state index in [1.54, 1.807) is 67.6 Å². The Morgan fingerprint density at radius 1 is 0.970 bits per heavy atom. The number of carbonyl (C=O) groups is 2. The van der Waals surface area contributed by atoms with Crippen LogP contribution in [-0.2, 0) is 18.9 Å². The van der Waals surface area contributed by atoms with Gasteiger partial charge in [0.1, 0.15) is 0 Å². The first-order valence-corrected chi connectivity index (χ1v) is 12.0. The number of halogens is 4. The summed E-state index contributed by atoms with van der Waals surface area (Å²) in [6.45, 7) is 1.80. The van der Waals surface area contributed by atoms with Crippen molar-refractivity contribution in [2.24, 2.45) is 0 Å². The lowest BCUT2D eigenvalue weighted by Gasteiger charge is -2.28. The fourth-order valence-electron chi connectivity index (χ4n) is 3.07. The molecular formula is C22H19Cl3INO6. The van der Waals surface area contributed by atoms with E-state index < -0.39 is 43.7 Å². The predicted molar refractivity (Wildman–Crippen MR) is 132 cm³/mol. The maximum atomic E-state index is 12.8. The second kappa shape index (κ2) is 10.8. The molecule has 0 aromatic heterocycles. The van der Waals surface area contributed by atoms with Gasteiger partial charge in [0.25, 0.3) is 3.79 Å². The predicted octanol–water partition coefficient (Wildman–Crippen LogP) is 5.70. The van der Waals surface area contributed by atoms with E-state index in [0.717, 1.165) is 0 Å². The van der Waals surface area contributed by atoms with Crippen LogP contribution in [0.5, 0.6) is 0 Å². The molecule has 1 aliphatic heterocycles. The summed E-state index contributed by atoms with van der Waals surface area (Å²) < 4.78 is 19.5. The SMILES string of the molecule is CC[C@]1(I)O[C@@H](OC(=N)C(Cl)(Cl)Cl)C(OC(=O)c2ccccc2)C1OC(=O)c1ccccc1. The summed E-state index contributed by atoms with van der Waals surface area (Å²) in [6, 6.07) is 16.6. The molecule has 0 radical (unpaired) electrons. The third kappa shape index (κ3) is 6.30. The van der Waals surface area contributed by atoms with Gasteiger partial charge in [-0.05, 0) is 53.3 Å². The highest BCUT2D eigenvalue weighted by Crippen LogP contribution is 2.44. The van der Waals surface area contributed by atoms with Gasteiger partial charge in [0.15, 0.2) is 9.71 Å². The molecule has 0 aliphatic carbocycles. The molecule has 4 atom stereocenters. The van der Waals surface area contributed by atoms with E-state index in [4.69, 9.17) is 59.2 Å². The smallest absolute Gasteiger partial charge is 0.338 e. The largest absolute Gasteiger partial charge is 0.451 e. The zero-order valence-electron chi connectivity index (χ0n) is 17.2. The van der Waals surface area contributed by atoms with Crippen LogP contribution in [0.2, 0.25) is 0 Å². The summed E-state index contributed by atoms with van der Waals surface area (Å²) in [6.07, 6.45) is -3.36. The maximum absolute atomic E-state index is 12.8. The van der Waals surface area contributed by atoms with Crippen LogP contribution in [0.15, 0.2) is 60.7 Å². The van der Waals surface area contributed by atoms with Crippen molar-refractivity contribution in [2.45, 2.75) is 39.2 Å². The topological polar surface area (TPSA) is 94.9 Å². The molecule has 1 aliphatic rings. The van der Waals surface area contributed by atoms with Crippen molar-refractivity contribution in [3.8, 4) is 0 Å². The summed E-state index contributed by atoms with van der Waals surface area (Å²) in [7, 11) is 0. The number of alkyl halides is 4. The van der Waals surface area contributed by atoms with Gasteiger partial charge >= 0.3 is 11.9 Å². The number of hydrogen-bond acceptors (Lipinski definition) is 7. The highest BCUT2D eigenvalue weighted by Gasteiger charge is 2.59. The van der Waals surface area contributed by atoms with Gasteiger partial charge in [-0.3, -0.25) is 5.41 Å². The van der Waals surface area contributed by atoms with Gasteiger partial charge in [-0.15, -0.1) is 0 Å². The second-order valence-electron chi connectivity index (χ2n) is 7.00. The Hall–Kier alpha value is -1.59. The summed E-state index contributed by atoms with van der Waals surface area (Å²) in [5, 5.41) is 7.92. The Labute approximate surface area is 219 Å². The molecule has 2 unspecified atom stereocenters. The Kier molecular flexibility index (Phi) is 8.50. The molecule has 176 valence electrons. The maximum Gasteiger partial charge on any atom is 0.338 e. The molecular weight excluding hydrogens is 608 g/mol. The zero-order chi connectivity index (χ0) is 24.2. The quantitative estimate of drug-likeness (QED) is 0.145. The lowest BCUT2D eigenvalue weighted by molar-refractivity contribution is -0.125. The third-order valence-electron chi connectivity index (χ3n) is 4.77. The molecule has 1 heterocycles. The van der Waals surface area contributed by atoms with Gasteiger partial charge in [-0.25, -0.2) is 9.59 Å². The van der Waals surface area contributed by atoms with Crippen molar-refractivity contribution >= 4 is 75.2 Å². The zero-order valence-corrected chi connectivity index (χ0v) is 21.6. The number of carbonyl (C=O) groups excluding carboxylic acids is 2. The van der Waals surface area contributed by atoms with E-state index in [2.05, 4.69) is 0 Å². The molecule has 1 saturated heterocycles. The van der Waals surface area contributed by atoms with Gasteiger partial charge in [0, 0.05) is 0 Å². The second-order valence-corrected chi connectivity index (χ2v) is 11.1. The minimum absolute atomic E-state index is 0.267. The van der Waals surface area contributed by atoms with Crippen LogP contribution >= 0.6 is 57.4 Å². The fourth-order valence-corrected chi connectivity index (χ4v) is 3.94. The normalized spacial score (nSPS) is 24.7. The Morgan fingerprint density at radius 3 is 1.91 bits per heavy atom. The molecule has 0 bridgehead atoms. The van der Waals surface area contributed by atoms with E-state index in [1.807, 2.05) is 22.6 Å². The Morgan fingerprint density at radius 2 is 1.45 bits per heavy atom. The number of nitrogens with one attached hydrogen (secondary N) is 1. The Balaban J connectivity index is 1.93. The standard InChI is InChI=1S/C22H19Cl3INO6/c1-2-21(26)16(31-18(29)14-11-7-4-8-12-14)15(19(33-21)32-20(27)22(23,24)25)30-17(28)13-9-5-3-6-10-13/h3-12,15-16,19,27H,2H2,1H3/t15?,16?,19-,21+/m1/s1. The van der Waals surface area contributed by atoms with Crippen LogP contribution in [0.25, 0.3) is 0 Å². The summed E-state index contributed by atoms with van der Waals surface area (Å²) in [5.41, 5.74) is 0.571. The van der Waals surface area contributed by atoms with Gasteiger partial charge in [-0.1, -0.05) is 78.1 Å². The van der Waals surface area contributed by atoms with Crippen molar-refractivity contribution < 1.29 is 28.5 Å². The molecule has 7 nitrogen and oxygen atoms in total.